The van der Waals surface area contributed by atoms with E-state index in [1.807, 2.05) is 11.3 Å². The summed E-state index contributed by atoms with van der Waals surface area (Å²) in [6, 6.07) is 9.58. The summed E-state index contributed by atoms with van der Waals surface area (Å²) in [6.45, 7) is 0. The summed E-state index contributed by atoms with van der Waals surface area (Å²) >= 11 is 1.90. The first-order valence-electron chi connectivity index (χ1n) is 6.99. The number of fused-ring (bicyclic) bond motifs is 1. The minimum Gasteiger partial charge on any atom is -0.317 e. The van der Waals surface area contributed by atoms with Crippen molar-refractivity contribution in [3.63, 3.8) is 0 Å². The maximum absolute atomic E-state index is 3.41. The third kappa shape index (κ3) is 2.45. The van der Waals surface area contributed by atoms with Gasteiger partial charge in [-0.05, 0) is 67.5 Å². The summed E-state index contributed by atoms with van der Waals surface area (Å²) in [5, 5.41) is 7.27. The molecule has 1 heterocycles. The van der Waals surface area contributed by atoms with Crippen LogP contribution in [0, 0.1) is 5.92 Å². The van der Waals surface area contributed by atoms with Crippen LogP contribution in [0.25, 0.3) is 10.1 Å². The van der Waals surface area contributed by atoms with Crippen LogP contribution in [0.4, 0.5) is 0 Å². The van der Waals surface area contributed by atoms with Gasteiger partial charge in [-0.25, -0.2) is 0 Å². The Balaban J connectivity index is 1.70. The van der Waals surface area contributed by atoms with Gasteiger partial charge in [0.25, 0.3) is 0 Å². The molecular formula is C16H21NS. The molecule has 1 N–H and O–H groups in total. The molecule has 18 heavy (non-hydrogen) atoms. The minimum atomic E-state index is 0.764. The highest BCUT2D eigenvalue weighted by atomic mass is 32.1. The Morgan fingerprint density at radius 2 is 1.94 bits per heavy atom. The average molecular weight is 259 g/mol. The van der Waals surface area contributed by atoms with Gasteiger partial charge in [0.1, 0.15) is 0 Å². The second-order valence-electron chi connectivity index (χ2n) is 5.47. The Hall–Kier alpha value is -0.860. The van der Waals surface area contributed by atoms with Crippen molar-refractivity contribution in [3.8, 4) is 0 Å². The van der Waals surface area contributed by atoms with E-state index in [0.717, 1.165) is 12.0 Å². The van der Waals surface area contributed by atoms with Crippen molar-refractivity contribution >= 4 is 21.4 Å². The lowest BCUT2D eigenvalue weighted by Gasteiger charge is -2.28. The molecule has 1 fully saturated rings. The van der Waals surface area contributed by atoms with Crippen LogP contribution >= 0.6 is 11.3 Å². The third-order valence-electron chi connectivity index (χ3n) is 4.32. The largest absolute Gasteiger partial charge is 0.317 e. The van der Waals surface area contributed by atoms with Crippen molar-refractivity contribution in [3.05, 3.63) is 35.2 Å². The summed E-state index contributed by atoms with van der Waals surface area (Å²) in [6.07, 6.45) is 6.75. The maximum Gasteiger partial charge on any atom is 0.0345 e. The summed E-state index contributed by atoms with van der Waals surface area (Å²) in [7, 11) is 2.09. The lowest BCUT2D eigenvalue weighted by atomic mass is 9.82. The Bertz CT molecular complexity index is 509. The van der Waals surface area contributed by atoms with Crippen LogP contribution in [-0.4, -0.2) is 13.1 Å². The molecule has 0 saturated heterocycles. The lowest BCUT2D eigenvalue weighted by molar-refractivity contribution is 0.301. The number of benzene rings is 1. The van der Waals surface area contributed by atoms with Gasteiger partial charge in [0.2, 0.25) is 0 Å². The molecule has 96 valence electrons. The Labute approximate surface area is 113 Å². The first kappa shape index (κ1) is 12.2. The molecule has 1 aliphatic carbocycles. The van der Waals surface area contributed by atoms with Crippen LogP contribution < -0.4 is 5.32 Å². The van der Waals surface area contributed by atoms with E-state index < -0.39 is 0 Å². The first-order chi connectivity index (χ1) is 8.86. The molecule has 0 bridgehead atoms. The maximum atomic E-state index is 3.41. The Morgan fingerprint density at radius 1 is 1.17 bits per heavy atom. The molecule has 0 spiro atoms. The van der Waals surface area contributed by atoms with Crippen molar-refractivity contribution in [1.29, 1.82) is 0 Å². The predicted molar refractivity (Wildman–Crippen MR) is 80.3 cm³/mol. The van der Waals surface area contributed by atoms with E-state index in [1.165, 1.54) is 42.2 Å². The van der Waals surface area contributed by atoms with E-state index in [4.69, 9.17) is 0 Å². The van der Waals surface area contributed by atoms with E-state index in [2.05, 4.69) is 42.0 Å². The third-order valence-corrected chi connectivity index (χ3v) is 5.34. The molecule has 0 unspecified atom stereocenters. The fourth-order valence-corrected chi connectivity index (χ4v) is 4.13. The van der Waals surface area contributed by atoms with Crippen molar-refractivity contribution in [1.82, 2.24) is 5.32 Å². The van der Waals surface area contributed by atoms with Gasteiger partial charge in [-0.2, -0.15) is 0 Å². The molecule has 1 aromatic carbocycles. The molecule has 0 amide bonds. The van der Waals surface area contributed by atoms with Gasteiger partial charge < -0.3 is 5.32 Å². The van der Waals surface area contributed by atoms with Crippen molar-refractivity contribution in [2.45, 2.75) is 38.1 Å². The number of rotatable bonds is 3. The Kier molecular flexibility index (Phi) is 3.67. The van der Waals surface area contributed by atoms with Gasteiger partial charge in [-0.3, -0.25) is 0 Å². The van der Waals surface area contributed by atoms with E-state index in [1.54, 1.807) is 5.56 Å². The molecule has 0 radical (unpaired) electrons. The number of hydrogen-bond acceptors (Lipinski definition) is 2. The topological polar surface area (TPSA) is 12.0 Å². The number of thiophene rings is 1. The average Bonchev–Trinajstić information content (AvgIpc) is 2.83. The molecule has 2 heteroatoms. The quantitative estimate of drug-likeness (QED) is 0.870. The van der Waals surface area contributed by atoms with Gasteiger partial charge in [-0.15, -0.1) is 11.3 Å². The van der Waals surface area contributed by atoms with Gasteiger partial charge in [-0.1, -0.05) is 18.2 Å². The monoisotopic (exact) mass is 259 g/mol. The van der Waals surface area contributed by atoms with E-state index in [-0.39, 0.29) is 0 Å². The van der Waals surface area contributed by atoms with Gasteiger partial charge in [0.15, 0.2) is 0 Å². The zero-order chi connectivity index (χ0) is 12.4. The molecule has 0 aliphatic heterocycles. The van der Waals surface area contributed by atoms with Crippen molar-refractivity contribution < 1.29 is 0 Å². The molecule has 1 nitrogen and oxygen atoms in total. The van der Waals surface area contributed by atoms with Gasteiger partial charge >= 0.3 is 0 Å². The van der Waals surface area contributed by atoms with E-state index in [9.17, 15) is 0 Å². The fraction of sp³-hybridized carbons (Fsp3) is 0.500. The van der Waals surface area contributed by atoms with Crippen LogP contribution in [0.2, 0.25) is 0 Å². The standard InChI is InChI=1S/C16H21NS/c1-17-14-8-6-12(7-9-14)10-13-11-18-16-5-3-2-4-15(13)16/h2-5,11-12,14,17H,6-10H2,1H3. The zero-order valence-electron chi connectivity index (χ0n) is 11.0. The van der Waals surface area contributed by atoms with Crippen LogP contribution in [0.3, 0.4) is 0 Å². The van der Waals surface area contributed by atoms with Crippen LogP contribution in [0.15, 0.2) is 29.6 Å². The highest BCUT2D eigenvalue weighted by Gasteiger charge is 2.20. The summed E-state index contributed by atoms with van der Waals surface area (Å²) in [4.78, 5) is 0. The van der Waals surface area contributed by atoms with Gasteiger partial charge in [0, 0.05) is 10.7 Å². The molecule has 3 rings (SSSR count). The lowest BCUT2D eigenvalue weighted by Crippen LogP contribution is -2.30. The van der Waals surface area contributed by atoms with Gasteiger partial charge in [0.05, 0.1) is 0 Å². The normalized spacial score (nSPS) is 24.5. The van der Waals surface area contributed by atoms with Crippen molar-refractivity contribution in [2.75, 3.05) is 7.05 Å². The molecule has 2 aromatic rings. The van der Waals surface area contributed by atoms with E-state index >= 15 is 0 Å². The van der Waals surface area contributed by atoms with E-state index in [0.29, 0.717) is 0 Å². The molecule has 1 aromatic heterocycles. The minimum absolute atomic E-state index is 0.764. The smallest absolute Gasteiger partial charge is 0.0345 e. The Morgan fingerprint density at radius 3 is 2.72 bits per heavy atom. The fourth-order valence-electron chi connectivity index (χ4n) is 3.16. The highest BCUT2D eigenvalue weighted by molar-refractivity contribution is 7.17. The zero-order valence-corrected chi connectivity index (χ0v) is 11.8. The number of nitrogens with one attached hydrogen (secondary N) is 1. The predicted octanol–water partition coefficient (Wildman–Crippen LogP) is 4.22. The van der Waals surface area contributed by atoms with Crippen LogP contribution in [0.5, 0.6) is 0 Å². The van der Waals surface area contributed by atoms with Crippen molar-refractivity contribution in [2.24, 2.45) is 5.92 Å². The summed E-state index contributed by atoms with van der Waals surface area (Å²) in [5.41, 5.74) is 1.57. The molecule has 0 atom stereocenters. The molecular weight excluding hydrogens is 238 g/mol. The summed E-state index contributed by atoms with van der Waals surface area (Å²) < 4.78 is 1.44. The number of hydrogen-bond donors (Lipinski definition) is 1. The second-order valence-corrected chi connectivity index (χ2v) is 6.38. The second kappa shape index (κ2) is 5.41. The SMILES string of the molecule is CNC1CCC(Cc2csc3ccccc23)CC1. The highest BCUT2D eigenvalue weighted by Crippen LogP contribution is 2.32. The molecule has 1 aliphatic rings. The molecule has 1 saturated carbocycles. The van der Waals surface area contributed by atoms with Crippen LogP contribution in [0.1, 0.15) is 31.2 Å². The van der Waals surface area contributed by atoms with Crippen LogP contribution in [-0.2, 0) is 6.42 Å². The first-order valence-corrected chi connectivity index (χ1v) is 7.87. The summed E-state index contributed by atoms with van der Waals surface area (Å²) in [5.74, 6) is 0.896.